The van der Waals surface area contributed by atoms with Crippen LogP contribution in [0.1, 0.15) is 26.0 Å². The minimum atomic E-state index is -0.754. The molecule has 0 amide bonds. The van der Waals surface area contributed by atoms with Crippen molar-refractivity contribution >= 4 is 5.97 Å². The molecule has 16 heavy (non-hydrogen) atoms. The number of rotatable bonds is 6. The molecule has 90 valence electrons. The first-order chi connectivity index (χ1) is 7.54. The standard InChI is InChI=1S/C11H19N3O2/c1-4-14(9(2)5-11(15)16)7-10-6-12-8-13(10)3/h6,8-9H,4-5,7H2,1-3H3,(H,15,16). The van der Waals surface area contributed by atoms with Crippen molar-refractivity contribution in [2.45, 2.75) is 32.9 Å². The van der Waals surface area contributed by atoms with E-state index in [0.717, 1.165) is 18.8 Å². The van der Waals surface area contributed by atoms with E-state index in [2.05, 4.69) is 9.88 Å². The number of hydrogen-bond acceptors (Lipinski definition) is 3. The van der Waals surface area contributed by atoms with E-state index in [1.54, 1.807) is 6.33 Å². The Balaban J connectivity index is 2.61. The average molecular weight is 225 g/mol. The molecule has 0 spiro atoms. The molecule has 0 aliphatic carbocycles. The van der Waals surface area contributed by atoms with E-state index in [1.807, 2.05) is 31.7 Å². The van der Waals surface area contributed by atoms with Crippen LogP contribution in [0, 0.1) is 0 Å². The van der Waals surface area contributed by atoms with Gasteiger partial charge in [-0.25, -0.2) is 4.98 Å². The Kier molecular flexibility index (Phi) is 4.49. The topological polar surface area (TPSA) is 58.4 Å². The summed E-state index contributed by atoms with van der Waals surface area (Å²) in [4.78, 5) is 16.8. The van der Waals surface area contributed by atoms with E-state index in [9.17, 15) is 4.79 Å². The summed E-state index contributed by atoms with van der Waals surface area (Å²) in [6.07, 6.45) is 3.74. The lowest BCUT2D eigenvalue weighted by molar-refractivity contribution is -0.138. The summed E-state index contributed by atoms with van der Waals surface area (Å²) in [6, 6.07) is 0.0393. The van der Waals surface area contributed by atoms with Gasteiger partial charge in [0.25, 0.3) is 0 Å². The van der Waals surface area contributed by atoms with Gasteiger partial charge in [0.1, 0.15) is 0 Å². The smallest absolute Gasteiger partial charge is 0.304 e. The molecule has 0 saturated carbocycles. The summed E-state index contributed by atoms with van der Waals surface area (Å²) in [6.45, 7) is 5.55. The highest BCUT2D eigenvalue weighted by atomic mass is 16.4. The molecule has 5 heteroatoms. The van der Waals surface area contributed by atoms with Gasteiger partial charge in [0.15, 0.2) is 0 Å². The van der Waals surface area contributed by atoms with Crippen LogP contribution in [0.25, 0.3) is 0 Å². The number of imidazole rings is 1. The fraction of sp³-hybridized carbons (Fsp3) is 0.636. The second kappa shape index (κ2) is 5.65. The number of aliphatic carboxylic acids is 1. The third-order valence-corrected chi connectivity index (χ3v) is 2.78. The third kappa shape index (κ3) is 3.34. The van der Waals surface area contributed by atoms with Gasteiger partial charge in [-0.3, -0.25) is 9.69 Å². The van der Waals surface area contributed by atoms with Crippen LogP contribution < -0.4 is 0 Å². The Morgan fingerprint density at radius 2 is 2.38 bits per heavy atom. The fourth-order valence-electron chi connectivity index (χ4n) is 1.71. The molecule has 0 radical (unpaired) electrons. The van der Waals surface area contributed by atoms with E-state index in [-0.39, 0.29) is 12.5 Å². The quantitative estimate of drug-likeness (QED) is 0.787. The molecule has 1 aromatic rings. The van der Waals surface area contributed by atoms with Crippen LogP contribution in [0.2, 0.25) is 0 Å². The molecule has 5 nitrogen and oxygen atoms in total. The zero-order valence-corrected chi connectivity index (χ0v) is 10.1. The number of carboxylic acids is 1. The largest absolute Gasteiger partial charge is 0.481 e. The van der Waals surface area contributed by atoms with Crippen LogP contribution in [-0.4, -0.2) is 38.1 Å². The fourth-order valence-corrected chi connectivity index (χ4v) is 1.71. The second-order valence-corrected chi connectivity index (χ2v) is 4.01. The van der Waals surface area contributed by atoms with Gasteiger partial charge in [0, 0.05) is 25.8 Å². The molecular formula is C11H19N3O2. The molecular weight excluding hydrogens is 206 g/mol. The van der Waals surface area contributed by atoms with Crippen molar-refractivity contribution < 1.29 is 9.90 Å². The van der Waals surface area contributed by atoms with E-state index in [1.165, 1.54) is 0 Å². The van der Waals surface area contributed by atoms with Gasteiger partial charge >= 0.3 is 5.97 Å². The van der Waals surface area contributed by atoms with Crippen LogP contribution in [0.15, 0.2) is 12.5 Å². The summed E-state index contributed by atoms with van der Waals surface area (Å²) in [5.74, 6) is -0.754. The van der Waals surface area contributed by atoms with Crippen molar-refractivity contribution in [1.82, 2.24) is 14.5 Å². The number of hydrogen-bond donors (Lipinski definition) is 1. The van der Waals surface area contributed by atoms with E-state index in [0.29, 0.717) is 0 Å². The third-order valence-electron chi connectivity index (χ3n) is 2.78. The molecule has 1 heterocycles. The first kappa shape index (κ1) is 12.7. The molecule has 0 bridgehead atoms. The molecule has 1 atom stereocenters. The zero-order valence-electron chi connectivity index (χ0n) is 10.1. The van der Waals surface area contributed by atoms with Gasteiger partial charge in [-0.2, -0.15) is 0 Å². The minimum Gasteiger partial charge on any atom is -0.481 e. The summed E-state index contributed by atoms with van der Waals surface area (Å²) in [7, 11) is 1.94. The van der Waals surface area contributed by atoms with Crippen LogP contribution in [0.5, 0.6) is 0 Å². The predicted molar refractivity (Wildman–Crippen MR) is 61.0 cm³/mol. The molecule has 0 aliphatic rings. The number of carbonyl (C=O) groups is 1. The van der Waals surface area contributed by atoms with Gasteiger partial charge in [-0.1, -0.05) is 6.92 Å². The van der Waals surface area contributed by atoms with Gasteiger partial charge in [0.05, 0.1) is 18.4 Å². The summed E-state index contributed by atoms with van der Waals surface area (Å²) >= 11 is 0. The van der Waals surface area contributed by atoms with Crippen molar-refractivity contribution in [3.63, 3.8) is 0 Å². The first-order valence-electron chi connectivity index (χ1n) is 5.45. The second-order valence-electron chi connectivity index (χ2n) is 4.01. The van der Waals surface area contributed by atoms with Crippen molar-refractivity contribution in [2.24, 2.45) is 7.05 Å². The van der Waals surface area contributed by atoms with Crippen molar-refractivity contribution in [3.05, 3.63) is 18.2 Å². The first-order valence-corrected chi connectivity index (χ1v) is 5.45. The van der Waals surface area contributed by atoms with Gasteiger partial charge < -0.3 is 9.67 Å². The predicted octanol–water partition coefficient (Wildman–Crippen LogP) is 1.11. The van der Waals surface area contributed by atoms with E-state index >= 15 is 0 Å². The lowest BCUT2D eigenvalue weighted by Gasteiger charge is -2.26. The molecule has 1 unspecified atom stereocenters. The minimum absolute atomic E-state index is 0.0393. The normalized spacial score (nSPS) is 13.0. The van der Waals surface area contributed by atoms with Crippen LogP contribution in [0.3, 0.4) is 0 Å². The van der Waals surface area contributed by atoms with E-state index < -0.39 is 5.97 Å². The van der Waals surface area contributed by atoms with Crippen LogP contribution in [0.4, 0.5) is 0 Å². The summed E-state index contributed by atoms with van der Waals surface area (Å²) in [5, 5.41) is 8.76. The maximum atomic E-state index is 10.7. The van der Waals surface area contributed by atoms with Crippen molar-refractivity contribution in [3.8, 4) is 0 Å². The zero-order chi connectivity index (χ0) is 12.1. The van der Waals surface area contributed by atoms with E-state index in [4.69, 9.17) is 5.11 Å². The summed E-state index contributed by atoms with van der Waals surface area (Å²) < 4.78 is 1.95. The molecule has 1 aromatic heterocycles. The van der Waals surface area contributed by atoms with Crippen LogP contribution in [-0.2, 0) is 18.4 Å². The Bertz CT molecular complexity index is 349. The number of nitrogens with zero attached hydrogens (tertiary/aromatic N) is 3. The highest BCUT2D eigenvalue weighted by Crippen LogP contribution is 2.09. The highest BCUT2D eigenvalue weighted by Gasteiger charge is 2.16. The van der Waals surface area contributed by atoms with Gasteiger partial charge in [-0.15, -0.1) is 0 Å². The molecule has 0 fully saturated rings. The SMILES string of the molecule is CCN(Cc1cncn1C)C(C)CC(=O)O. The average Bonchev–Trinajstić information content (AvgIpc) is 2.59. The van der Waals surface area contributed by atoms with Crippen molar-refractivity contribution in [2.75, 3.05) is 6.54 Å². The lowest BCUT2D eigenvalue weighted by atomic mass is 10.2. The number of carboxylic acid groups (broad SMARTS) is 1. The lowest BCUT2D eigenvalue weighted by Crippen LogP contribution is -2.34. The highest BCUT2D eigenvalue weighted by molar-refractivity contribution is 5.67. The number of aromatic nitrogens is 2. The summed E-state index contributed by atoms with van der Waals surface area (Å²) in [5.41, 5.74) is 1.10. The Morgan fingerprint density at radius 1 is 1.69 bits per heavy atom. The monoisotopic (exact) mass is 225 g/mol. The maximum Gasteiger partial charge on any atom is 0.304 e. The molecule has 1 rings (SSSR count). The van der Waals surface area contributed by atoms with Gasteiger partial charge in [0.2, 0.25) is 0 Å². The Morgan fingerprint density at radius 3 is 2.81 bits per heavy atom. The Hall–Kier alpha value is -1.36. The molecule has 0 aromatic carbocycles. The Labute approximate surface area is 95.7 Å². The van der Waals surface area contributed by atoms with Gasteiger partial charge in [-0.05, 0) is 13.5 Å². The van der Waals surface area contributed by atoms with Crippen molar-refractivity contribution in [1.29, 1.82) is 0 Å². The number of aryl methyl sites for hydroxylation is 1. The molecule has 0 aliphatic heterocycles. The maximum absolute atomic E-state index is 10.7. The van der Waals surface area contributed by atoms with Crippen LogP contribution >= 0.6 is 0 Å². The molecule has 0 saturated heterocycles. The molecule has 1 N–H and O–H groups in total.